The van der Waals surface area contributed by atoms with Crippen molar-refractivity contribution in [3.05, 3.63) is 70.3 Å². The number of H-pyrrole nitrogens is 1. The molecule has 2 aromatic heterocycles. The van der Waals surface area contributed by atoms with Gasteiger partial charge in [-0.1, -0.05) is 24.3 Å². The Bertz CT molecular complexity index is 1130. The predicted octanol–water partition coefficient (Wildman–Crippen LogP) is 3.77. The van der Waals surface area contributed by atoms with Gasteiger partial charge in [-0.15, -0.1) is 11.3 Å². The van der Waals surface area contributed by atoms with Crippen molar-refractivity contribution in [3.63, 3.8) is 0 Å². The van der Waals surface area contributed by atoms with Gasteiger partial charge >= 0.3 is 0 Å². The third-order valence-corrected chi connectivity index (χ3v) is 5.34. The molecule has 30 heavy (non-hydrogen) atoms. The van der Waals surface area contributed by atoms with Gasteiger partial charge in [0.05, 0.1) is 30.8 Å². The van der Waals surface area contributed by atoms with Gasteiger partial charge in [0.1, 0.15) is 11.6 Å². The molecule has 8 heteroatoms. The van der Waals surface area contributed by atoms with Gasteiger partial charge in [0.25, 0.3) is 0 Å². The molecule has 0 fully saturated rings. The fourth-order valence-corrected chi connectivity index (χ4v) is 3.59. The summed E-state index contributed by atoms with van der Waals surface area (Å²) in [6.07, 6.45) is 0.301. The zero-order chi connectivity index (χ0) is 20.9. The highest BCUT2D eigenvalue weighted by atomic mass is 32.1. The molecule has 0 aliphatic carbocycles. The Kier molecular flexibility index (Phi) is 5.85. The van der Waals surface area contributed by atoms with Crippen molar-refractivity contribution in [2.45, 2.75) is 19.9 Å². The van der Waals surface area contributed by atoms with Crippen LogP contribution in [0.5, 0.6) is 5.75 Å². The number of aryl methyl sites for hydroxylation is 1. The SMILES string of the molecule is COc1ccc(-c2n[nH]c(CNC(=O)Cc3ccc(-c4csc(C)n4)cc3)n2)cc1. The molecule has 0 aliphatic rings. The number of amides is 1. The Hall–Kier alpha value is -3.52. The third-order valence-electron chi connectivity index (χ3n) is 4.57. The largest absolute Gasteiger partial charge is 0.497 e. The smallest absolute Gasteiger partial charge is 0.224 e. The van der Waals surface area contributed by atoms with Gasteiger partial charge in [-0.3, -0.25) is 9.89 Å². The number of carbonyl (C=O) groups is 1. The van der Waals surface area contributed by atoms with E-state index in [1.165, 1.54) is 0 Å². The van der Waals surface area contributed by atoms with Crippen LogP contribution in [-0.2, 0) is 17.8 Å². The van der Waals surface area contributed by atoms with E-state index in [2.05, 4.69) is 25.5 Å². The molecule has 0 bridgehead atoms. The maximum atomic E-state index is 12.3. The molecule has 152 valence electrons. The Balaban J connectivity index is 1.31. The van der Waals surface area contributed by atoms with Crippen molar-refractivity contribution in [1.29, 1.82) is 0 Å². The molecule has 0 spiro atoms. The summed E-state index contributed by atoms with van der Waals surface area (Å²) >= 11 is 1.63. The van der Waals surface area contributed by atoms with Gasteiger partial charge in [0, 0.05) is 16.5 Å². The molecule has 0 aliphatic heterocycles. The lowest BCUT2D eigenvalue weighted by atomic mass is 10.1. The molecular formula is C22H21N5O2S. The monoisotopic (exact) mass is 419 g/mol. The van der Waals surface area contributed by atoms with Crippen LogP contribution < -0.4 is 10.1 Å². The van der Waals surface area contributed by atoms with Crippen molar-refractivity contribution in [2.75, 3.05) is 7.11 Å². The van der Waals surface area contributed by atoms with E-state index >= 15 is 0 Å². The van der Waals surface area contributed by atoms with Crippen molar-refractivity contribution in [1.82, 2.24) is 25.5 Å². The first-order valence-corrected chi connectivity index (χ1v) is 10.3. The normalized spacial score (nSPS) is 10.7. The quantitative estimate of drug-likeness (QED) is 0.476. The Labute approximate surface area is 178 Å². The highest BCUT2D eigenvalue weighted by molar-refractivity contribution is 7.09. The standard InChI is InChI=1S/C22H21N5O2S/c1-14-24-19(13-30-14)16-5-3-15(4-6-16)11-21(28)23-12-20-25-22(27-26-20)17-7-9-18(29-2)10-8-17/h3-10,13H,11-12H2,1-2H3,(H,23,28)(H,25,26,27). The first kappa shape index (κ1) is 19.8. The topological polar surface area (TPSA) is 92.8 Å². The molecule has 2 heterocycles. The number of aromatic nitrogens is 4. The fraction of sp³-hybridized carbons (Fsp3) is 0.182. The molecule has 4 aromatic rings. The van der Waals surface area contributed by atoms with Gasteiger partial charge in [-0.25, -0.2) is 9.97 Å². The fourth-order valence-electron chi connectivity index (χ4n) is 2.96. The molecule has 2 aromatic carbocycles. The minimum absolute atomic E-state index is 0.0744. The predicted molar refractivity (Wildman–Crippen MR) is 116 cm³/mol. The molecule has 0 radical (unpaired) electrons. The number of nitrogens with one attached hydrogen (secondary N) is 2. The number of methoxy groups -OCH3 is 1. The zero-order valence-corrected chi connectivity index (χ0v) is 17.5. The lowest BCUT2D eigenvalue weighted by Crippen LogP contribution is -2.25. The van der Waals surface area contributed by atoms with Crippen LogP contribution >= 0.6 is 11.3 Å². The van der Waals surface area contributed by atoms with E-state index < -0.39 is 0 Å². The van der Waals surface area contributed by atoms with Crippen molar-refractivity contribution < 1.29 is 9.53 Å². The zero-order valence-electron chi connectivity index (χ0n) is 16.7. The highest BCUT2D eigenvalue weighted by Gasteiger charge is 2.09. The van der Waals surface area contributed by atoms with E-state index in [0.29, 0.717) is 18.1 Å². The first-order chi connectivity index (χ1) is 14.6. The van der Waals surface area contributed by atoms with Gasteiger partial charge in [-0.2, -0.15) is 5.10 Å². The Morgan fingerprint density at radius 2 is 1.80 bits per heavy atom. The van der Waals surface area contributed by atoms with Gasteiger partial charge in [0.2, 0.25) is 5.91 Å². The number of hydrogen-bond donors (Lipinski definition) is 2. The second-order valence-corrected chi connectivity index (χ2v) is 7.80. The van der Waals surface area contributed by atoms with Crippen LogP contribution in [0, 0.1) is 6.92 Å². The average Bonchev–Trinajstić information content (AvgIpc) is 3.42. The summed E-state index contributed by atoms with van der Waals surface area (Å²) in [5.41, 5.74) is 3.84. The summed E-state index contributed by atoms with van der Waals surface area (Å²) in [4.78, 5) is 21.2. The van der Waals surface area contributed by atoms with E-state index in [4.69, 9.17) is 4.74 Å². The molecule has 0 saturated carbocycles. The first-order valence-electron chi connectivity index (χ1n) is 9.44. The second-order valence-electron chi connectivity index (χ2n) is 6.74. The van der Waals surface area contributed by atoms with Crippen LogP contribution in [0.15, 0.2) is 53.9 Å². The summed E-state index contributed by atoms with van der Waals surface area (Å²) in [5, 5.41) is 13.0. The van der Waals surface area contributed by atoms with Crippen molar-refractivity contribution in [3.8, 4) is 28.4 Å². The number of rotatable bonds is 7. The minimum Gasteiger partial charge on any atom is -0.497 e. The number of hydrogen-bond acceptors (Lipinski definition) is 6. The number of nitrogens with zero attached hydrogens (tertiary/aromatic N) is 3. The lowest BCUT2D eigenvalue weighted by Gasteiger charge is -2.04. The number of ether oxygens (including phenoxy) is 1. The van der Waals surface area contributed by atoms with E-state index in [0.717, 1.165) is 33.1 Å². The van der Waals surface area contributed by atoms with E-state index in [9.17, 15) is 4.79 Å². The maximum Gasteiger partial charge on any atom is 0.224 e. The van der Waals surface area contributed by atoms with Crippen LogP contribution in [0.2, 0.25) is 0 Å². The molecule has 0 unspecified atom stereocenters. The Morgan fingerprint density at radius 1 is 1.07 bits per heavy atom. The minimum atomic E-state index is -0.0744. The number of benzene rings is 2. The number of aromatic amines is 1. The third kappa shape index (κ3) is 4.72. The van der Waals surface area contributed by atoms with Crippen molar-refractivity contribution >= 4 is 17.2 Å². The summed E-state index contributed by atoms with van der Waals surface area (Å²) in [5.74, 6) is 1.88. The average molecular weight is 420 g/mol. The number of carbonyl (C=O) groups excluding carboxylic acids is 1. The number of thiazole rings is 1. The van der Waals surface area contributed by atoms with Crippen LogP contribution in [0.1, 0.15) is 16.4 Å². The summed E-state index contributed by atoms with van der Waals surface area (Å²) in [6, 6.07) is 15.4. The van der Waals surface area contributed by atoms with Gasteiger partial charge in [-0.05, 0) is 36.8 Å². The molecule has 4 rings (SSSR count). The van der Waals surface area contributed by atoms with E-state index in [-0.39, 0.29) is 12.5 Å². The molecule has 0 saturated heterocycles. The molecule has 1 amide bonds. The lowest BCUT2D eigenvalue weighted by molar-refractivity contribution is -0.120. The Morgan fingerprint density at radius 3 is 2.47 bits per heavy atom. The van der Waals surface area contributed by atoms with Gasteiger partial charge in [0.15, 0.2) is 5.82 Å². The van der Waals surface area contributed by atoms with E-state index in [1.54, 1.807) is 18.4 Å². The van der Waals surface area contributed by atoms with Crippen molar-refractivity contribution in [2.24, 2.45) is 0 Å². The molecule has 0 atom stereocenters. The highest BCUT2D eigenvalue weighted by Crippen LogP contribution is 2.22. The molecular weight excluding hydrogens is 398 g/mol. The van der Waals surface area contributed by atoms with Crippen LogP contribution in [-0.4, -0.2) is 33.2 Å². The maximum absolute atomic E-state index is 12.3. The molecule has 2 N–H and O–H groups in total. The summed E-state index contributed by atoms with van der Waals surface area (Å²) in [6.45, 7) is 2.28. The molecule has 7 nitrogen and oxygen atoms in total. The second kappa shape index (κ2) is 8.87. The summed E-state index contributed by atoms with van der Waals surface area (Å²) in [7, 11) is 1.62. The van der Waals surface area contributed by atoms with Crippen LogP contribution in [0.3, 0.4) is 0 Å². The summed E-state index contributed by atoms with van der Waals surface area (Å²) < 4.78 is 5.16. The van der Waals surface area contributed by atoms with Crippen LogP contribution in [0.4, 0.5) is 0 Å². The van der Waals surface area contributed by atoms with E-state index in [1.807, 2.05) is 60.8 Å². The van der Waals surface area contributed by atoms with Gasteiger partial charge < -0.3 is 10.1 Å². The van der Waals surface area contributed by atoms with Crippen LogP contribution in [0.25, 0.3) is 22.6 Å².